The van der Waals surface area contributed by atoms with Gasteiger partial charge in [-0.15, -0.1) is 0 Å². The summed E-state index contributed by atoms with van der Waals surface area (Å²) in [5, 5.41) is 1.44. The average Bonchev–Trinajstić information content (AvgIpc) is 3.40. The molecule has 2 saturated heterocycles. The van der Waals surface area contributed by atoms with Crippen molar-refractivity contribution in [2.75, 3.05) is 6.61 Å². The number of aryl methyl sites for hydroxylation is 1. The zero-order valence-corrected chi connectivity index (χ0v) is 18.6. The van der Waals surface area contributed by atoms with Gasteiger partial charge in [-0.1, -0.05) is 17.7 Å². The fraction of sp³-hybridized carbons (Fsp3) is 0.478. The van der Waals surface area contributed by atoms with Crippen LogP contribution in [-0.2, 0) is 18.9 Å². The first-order valence-corrected chi connectivity index (χ1v) is 11.0. The SMILES string of the molecule is Cc1ncnc2c1ccn2[C@@H]1O[C@@H]([C@@H]2OC[C@@H](F)c3cc(Cl)ccc32)[C@H]2OC(C)(C)O[C@H]21. The van der Waals surface area contributed by atoms with Gasteiger partial charge in [0.2, 0.25) is 0 Å². The Morgan fingerprint density at radius 1 is 1.09 bits per heavy atom. The van der Waals surface area contributed by atoms with Gasteiger partial charge in [-0.3, -0.25) is 0 Å². The quantitative estimate of drug-likeness (QED) is 0.558. The summed E-state index contributed by atoms with van der Waals surface area (Å²) >= 11 is 6.14. The molecular formula is C23H23ClFN3O4. The molecule has 7 nitrogen and oxygen atoms in total. The van der Waals surface area contributed by atoms with Crippen LogP contribution in [0.25, 0.3) is 11.0 Å². The van der Waals surface area contributed by atoms with Crippen molar-refractivity contribution in [2.24, 2.45) is 0 Å². The highest BCUT2D eigenvalue weighted by Gasteiger charge is 2.59. The monoisotopic (exact) mass is 459 g/mol. The van der Waals surface area contributed by atoms with Crippen LogP contribution in [-0.4, -0.2) is 45.2 Å². The van der Waals surface area contributed by atoms with Crippen LogP contribution in [0.2, 0.25) is 5.02 Å². The molecule has 0 spiro atoms. The molecule has 0 bridgehead atoms. The van der Waals surface area contributed by atoms with Crippen molar-refractivity contribution in [3.05, 3.63) is 58.6 Å². The zero-order chi connectivity index (χ0) is 22.2. The molecule has 1 aromatic carbocycles. The molecule has 32 heavy (non-hydrogen) atoms. The van der Waals surface area contributed by atoms with Crippen LogP contribution in [0.15, 0.2) is 36.8 Å². The first-order chi connectivity index (χ1) is 15.3. The standard InChI is InChI=1S/C23H23ClFN3O4/c1-11-13-6-7-28(21(13)27-10-26-11)22-20-19(31-23(2,3)32-20)18(30-22)17-14-5-4-12(24)8-15(14)16(25)9-29-17/h4-8,10,16-20,22H,9H2,1-3H3/t16-,17-,18+,19-,20-,22-/m1/s1. The van der Waals surface area contributed by atoms with E-state index < -0.39 is 36.5 Å². The van der Waals surface area contributed by atoms with Gasteiger partial charge in [0.05, 0.1) is 12.3 Å². The van der Waals surface area contributed by atoms with E-state index in [0.717, 1.165) is 22.3 Å². The van der Waals surface area contributed by atoms with Crippen LogP contribution in [0.5, 0.6) is 0 Å². The van der Waals surface area contributed by atoms with Crippen LogP contribution in [0, 0.1) is 6.92 Å². The maximum Gasteiger partial charge on any atom is 0.164 e. The van der Waals surface area contributed by atoms with E-state index in [2.05, 4.69) is 9.97 Å². The van der Waals surface area contributed by atoms with E-state index in [1.807, 2.05) is 43.7 Å². The lowest BCUT2D eigenvalue weighted by Gasteiger charge is -2.34. The minimum atomic E-state index is -1.24. The Hall–Kier alpha value is -2.10. The Morgan fingerprint density at radius 2 is 1.91 bits per heavy atom. The number of rotatable bonds is 2. The molecule has 2 fully saturated rings. The van der Waals surface area contributed by atoms with Crippen molar-refractivity contribution in [3.63, 3.8) is 0 Å². The third kappa shape index (κ3) is 3.08. The van der Waals surface area contributed by atoms with Gasteiger partial charge in [0.25, 0.3) is 0 Å². The lowest BCUT2D eigenvalue weighted by Crippen LogP contribution is -2.37. The molecule has 0 radical (unpaired) electrons. The number of nitrogens with zero attached hydrogens (tertiary/aromatic N) is 3. The van der Waals surface area contributed by atoms with E-state index in [1.54, 1.807) is 18.5 Å². The van der Waals surface area contributed by atoms with E-state index >= 15 is 0 Å². The van der Waals surface area contributed by atoms with Gasteiger partial charge in [0.1, 0.15) is 42.6 Å². The normalized spacial score (nSPS) is 33.4. The molecule has 3 aromatic rings. The highest BCUT2D eigenvalue weighted by Crippen LogP contribution is 2.50. The Morgan fingerprint density at radius 3 is 2.75 bits per heavy atom. The van der Waals surface area contributed by atoms with Gasteiger partial charge >= 0.3 is 0 Å². The fourth-order valence-corrected chi connectivity index (χ4v) is 5.27. The van der Waals surface area contributed by atoms with E-state index in [-0.39, 0.29) is 12.7 Å². The van der Waals surface area contributed by atoms with Crippen molar-refractivity contribution in [1.29, 1.82) is 0 Å². The van der Waals surface area contributed by atoms with Crippen LogP contribution < -0.4 is 0 Å². The predicted molar refractivity (Wildman–Crippen MR) is 114 cm³/mol. The first-order valence-electron chi connectivity index (χ1n) is 10.7. The van der Waals surface area contributed by atoms with Crippen molar-refractivity contribution in [2.45, 2.75) is 63.4 Å². The fourth-order valence-electron chi connectivity index (χ4n) is 5.09. The number of hydrogen-bond acceptors (Lipinski definition) is 6. The smallest absolute Gasteiger partial charge is 0.164 e. The molecule has 0 aliphatic carbocycles. The third-order valence-electron chi connectivity index (χ3n) is 6.46. The van der Waals surface area contributed by atoms with Crippen LogP contribution >= 0.6 is 11.6 Å². The first kappa shape index (κ1) is 20.5. The minimum absolute atomic E-state index is 0.0664. The summed E-state index contributed by atoms with van der Waals surface area (Å²) in [5.41, 5.74) is 2.90. The second-order valence-electron chi connectivity index (χ2n) is 8.97. The van der Waals surface area contributed by atoms with Gasteiger partial charge in [0.15, 0.2) is 12.0 Å². The second kappa shape index (κ2) is 7.20. The topological polar surface area (TPSA) is 67.6 Å². The van der Waals surface area contributed by atoms with Gasteiger partial charge in [-0.2, -0.15) is 0 Å². The minimum Gasteiger partial charge on any atom is -0.367 e. The van der Waals surface area contributed by atoms with Gasteiger partial charge in [-0.05, 0) is 50.1 Å². The number of fused-ring (bicyclic) bond motifs is 3. The lowest BCUT2D eigenvalue weighted by atomic mass is 9.91. The number of aromatic nitrogens is 3. The largest absolute Gasteiger partial charge is 0.367 e. The number of ether oxygens (including phenoxy) is 4. The van der Waals surface area contributed by atoms with Gasteiger partial charge < -0.3 is 23.5 Å². The molecule has 3 aliphatic rings. The second-order valence-corrected chi connectivity index (χ2v) is 9.41. The van der Waals surface area contributed by atoms with Crippen molar-refractivity contribution >= 4 is 22.6 Å². The molecule has 0 amide bonds. The molecule has 5 heterocycles. The molecule has 2 aromatic heterocycles. The average molecular weight is 460 g/mol. The summed E-state index contributed by atoms with van der Waals surface area (Å²) in [6.45, 7) is 5.64. The van der Waals surface area contributed by atoms with E-state index in [1.165, 1.54) is 0 Å². The van der Waals surface area contributed by atoms with Crippen LogP contribution in [0.3, 0.4) is 0 Å². The number of benzene rings is 1. The lowest BCUT2D eigenvalue weighted by molar-refractivity contribution is -0.214. The molecule has 9 heteroatoms. The highest BCUT2D eigenvalue weighted by atomic mass is 35.5. The third-order valence-corrected chi connectivity index (χ3v) is 6.70. The summed E-state index contributed by atoms with van der Waals surface area (Å²) in [6.07, 6.45) is -0.0534. The van der Waals surface area contributed by atoms with Gasteiger partial charge in [-0.25, -0.2) is 14.4 Å². The van der Waals surface area contributed by atoms with Gasteiger partial charge in [0, 0.05) is 16.6 Å². The summed E-state index contributed by atoms with van der Waals surface area (Å²) < 4.78 is 41.6. The molecular weight excluding hydrogens is 437 g/mol. The summed E-state index contributed by atoms with van der Waals surface area (Å²) in [4.78, 5) is 8.75. The molecule has 0 N–H and O–H groups in total. The molecule has 0 unspecified atom stereocenters. The summed E-state index contributed by atoms with van der Waals surface area (Å²) in [6, 6.07) is 7.19. The molecule has 6 atom stereocenters. The Balaban J connectivity index is 1.42. The summed E-state index contributed by atoms with van der Waals surface area (Å²) in [5.74, 6) is -0.788. The molecule has 168 valence electrons. The maximum atomic E-state index is 14.6. The number of halogens is 2. The Kier molecular flexibility index (Phi) is 4.61. The van der Waals surface area contributed by atoms with Crippen LogP contribution in [0.1, 0.15) is 49.2 Å². The van der Waals surface area contributed by atoms with Crippen molar-refractivity contribution < 1.29 is 23.3 Å². The number of hydrogen-bond donors (Lipinski definition) is 0. The highest BCUT2D eigenvalue weighted by molar-refractivity contribution is 6.30. The zero-order valence-electron chi connectivity index (χ0n) is 17.9. The predicted octanol–water partition coefficient (Wildman–Crippen LogP) is 4.59. The molecule has 3 aliphatic heterocycles. The van der Waals surface area contributed by atoms with E-state index in [9.17, 15) is 4.39 Å². The Labute approximate surface area is 189 Å². The molecule has 6 rings (SSSR count). The maximum absolute atomic E-state index is 14.6. The van der Waals surface area contributed by atoms with Crippen molar-refractivity contribution in [3.8, 4) is 0 Å². The van der Waals surface area contributed by atoms with Crippen LogP contribution in [0.4, 0.5) is 4.39 Å². The van der Waals surface area contributed by atoms with E-state index in [0.29, 0.717) is 10.6 Å². The molecule has 0 saturated carbocycles. The Bertz CT molecular complexity index is 1200. The number of alkyl halides is 1. The van der Waals surface area contributed by atoms with Crippen molar-refractivity contribution in [1.82, 2.24) is 14.5 Å². The van der Waals surface area contributed by atoms with E-state index in [4.69, 9.17) is 30.5 Å². The summed E-state index contributed by atoms with van der Waals surface area (Å²) in [7, 11) is 0.